The first-order chi connectivity index (χ1) is 5.28. The number of aliphatic hydroxyl groups is 2. The van der Waals surface area contributed by atoms with Crippen LogP contribution in [0.25, 0.3) is 0 Å². The maximum Gasteiger partial charge on any atom is 0.0808 e. The number of ether oxygens (including phenoxy) is 1. The highest BCUT2D eigenvalue weighted by Crippen LogP contribution is 2.04. The molecule has 0 spiro atoms. The molecule has 68 valence electrons. The third-order valence-corrected chi connectivity index (χ3v) is 1.70. The summed E-state index contributed by atoms with van der Waals surface area (Å²) in [6.45, 7) is 3.97. The van der Waals surface area contributed by atoms with Crippen LogP contribution in [-0.4, -0.2) is 35.6 Å². The Morgan fingerprint density at radius 2 is 1.36 bits per heavy atom. The van der Waals surface area contributed by atoms with Gasteiger partial charge in [-0.25, -0.2) is 0 Å². The summed E-state index contributed by atoms with van der Waals surface area (Å²) in [5.74, 6) is 0. The van der Waals surface area contributed by atoms with Gasteiger partial charge < -0.3 is 14.9 Å². The van der Waals surface area contributed by atoms with Crippen molar-refractivity contribution in [2.45, 2.75) is 38.9 Å². The molecular weight excluding hydrogens is 144 g/mol. The van der Waals surface area contributed by atoms with Crippen LogP contribution in [0.1, 0.15) is 26.7 Å². The third-order valence-electron chi connectivity index (χ3n) is 1.70. The molecule has 0 amide bonds. The normalized spacial score (nSPS) is 16.4. The maximum atomic E-state index is 8.76. The molecule has 0 aliphatic rings. The molecule has 0 aromatic heterocycles. The highest BCUT2D eigenvalue weighted by molar-refractivity contribution is 4.58. The topological polar surface area (TPSA) is 49.7 Å². The fourth-order valence-electron chi connectivity index (χ4n) is 0.809. The van der Waals surface area contributed by atoms with Crippen LogP contribution in [0.4, 0.5) is 0 Å². The Kier molecular flexibility index (Phi) is 6.51. The Hall–Kier alpha value is -0.120. The second-order valence-corrected chi connectivity index (χ2v) is 2.56. The number of hydrogen-bond donors (Lipinski definition) is 2. The van der Waals surface area contributed by atoms with Crippen molar-refractivity contribution in [2.24, 2.45) is 0 Å². The number of rotatable bonds is 6. The van der Waals surface area contributed by atoms with E-state index in [0.717, 1.165) is 12.8 Å². The van der Waals surface area contributed by atoms with E-state index in [4.69, 9.17) is 14.9 Å². The van der Waals surface area contributed by atoms with Gasteiger partial charge in [0.15, 0.2) is 0 Å². The van der Waals surface area contributed by atoms with E-state index in [1.54, 1.807) is 0 Å². The first-order valence-corrected chi connectivity index (χ1v) is 4.15. The zero-order chi connectivity index (χ0) is 8.69. The van der Waals surface area contributed by atoms with Crippen molar-refractivity contribution in [3.05, 3.63) is 0 Å². The molecule has 0 radical (unpaired) electrons. The van der Waals surface area contributed by atoms with Gasteiger partial charge in [0.2, 0.25) is 0 Å². The highest BCUT2D eigenvalue weighted by Gasteiger charge is 2.11. The standard InChI is InChI=1S/C8H18O3/c1-3-7(5-9)11-8(4-2)6-10/h7-10H,3-6H2,1-2H3/t7-,8?/m1/s1. The van der Waals surface area contributed by atoms with Crippen molar-refractivity contribution in [1.29, 1.82) is 0 Å². The lowest BCUT2D eigenvalue weighted by Gasteiger charge is -2.19. The van der Waals surface area contributed by atoms with Gasteiger partial charge in [0.05, 0.1) is 25.4 Å². The van der Waals surface area contributed by atoms with Gasteiger partial charge in [0, 0.05) is 0 Å². The van der Waals surface area contributed by atoms with Crippen LogP contribution in [0.15, 0.2) is 0 Å². The molecule has 0 bridgehead atoms. The van der Waals surface area contributed by atoms with E-state index < -0.39 is 0 Å². The molecule has 2 N–H and O–H groups in total. The minimum Gasteiger partial charge on any atom is -0.394 e. The smallest absolute Gasteiger partial charge is 0.0808 e. The zero-order valence-electron chi connectivity index (χ0n) is 7.29. The molecule has 3 heteroatoms. The van der Waals surface area contributed by atoms with Gasteiger partial charge in [-0.2, -0.15) is 0 Å². The van der Waals surface area contributed by atoms with Gasteiger partial charge in [0.1, 0.15) is 0 Å². The Morgan fingerprint density at radius 1 is 1.00 bits per heavy atom. The molecule has 0 aliphatic carbocycles. The summed E-state index contributed by atoms with van der Waals surface area (Å²) in [5.41, 5.74) is 0. The SMILES string of the molecule is CCC(CO)O[C@H](CC)CO. The first-order valence-electron chi connectivity index (χ1n) is 4.15. The Bertz CT molecular complexity index is 67.4. The van der Waals surface area contributed by atoms with Crippen molar-refractivity contribution < 1.29 is 14.9 Å². The maximum absolute atomic E-state index is 8.76. The molecule has 0 rings (SSSR count). The molecule has 0 saturated heterocycles. The minimum atomic E-state index is -0.118. The molecule has 2 atom stereocenters. The van der Waals surface area contributed by atoms with Gasteiger partial charge in [-0.15, -0.1) is 0 Å². The number of aliphatic hydroxyl groups excluding tert-OH is 2. The van der Waals surface area contributed by atoms with Crippen LogP contribution in [-0.2, 0) is 4.74 Å². The summed E-state index contributed by atoms with van der Waals surface area (Å²) >= 11 is 0. The lowest BCUT2D eigenvalue weighted by molar-refractivity contribution is -0.0621. The van der Waals surface area contributed by atoms with Crippen LogP contribution in [0.5, 0.6) is 0 Å². The van der Waals surface area contributed by atoms with Crippen LogP contribution in [0, 0.1) is 0 Å². The van der Waals surface area contributed by atoms with Gasteiger partial charge in [-0.3, -0.25) is 0 Å². The molecule has 11 heavy (non-hydrogen) atoms. The molecule has 0 heterocycles. The van der Waals surface area contributed by atoms with E-state index in [1.165, 1.54) is 0 Å². The van der Waals surface area contributed by atoms with E-state index in [1.807, 2.05) is 13.8 Å². The van der Waals surface area contributed by atoms with E-state index in [2.05, 4.69) is 0 Å². The van der Waals surface area contributed by atoms with Gasteiger partial charge in [-0.05, 0) is 12.8 Å². The molecule has 0 aliphatic heterocycles. The fraction of sp³-hybridized carbons (Fsp3) is 1.00. The first kappa shape index (κ1) is 10.9. The quantitative estimate of drug-likeness (QED) is 0.599. The van der Waals surface area contributed by atoms with Gasteiger partial charge >= 0.3 is 0 Å². The van der Waals surface area contributed by atoms with Crippen LogP contribution < -0.4 is 0 Å². The summed E-state index contributed by atoms with van der Waals surface area (Å²) in [6, 6.07) is 0. The van der Waals surface area contributed by atoms with Crippen molar-refractivity contribution in [3.8, 4) is 0 Å². The van der Waals surface area contributed by atoms with Crippen molar-refractivity contribution in [3.63, 3.8) is 0 Å². The lowest BCUT2D eigenvalue weighted by atomic mass is 10.2. The molecule has 0 saturated carbocycles. The van der Waals surface area contributed by atoms with E-state index in [9.17, 15) is 0 Å². The molecule has 0 aromatic rings. The largest absolute Gasteiger partial charge is 0.394 e. The average molecular weight is 162 g/mol. The Morgan fingerprint density at radius 3 is 1.55 bits per heavy atom. The molecule has 0 aromatic carbocycles. The number of hydrogen-bond acceptors (Lipinski definition) is 3. The molecule has 0 fully saturated rings. The third kappa shape index (κ3) is 4.35. The predicted molar refractivity (Wildman–Crippen MR) is 43.4 cm³/mol. The van der Waals surface area contributed by atoms with Crippen molar-refractivity contribution >= 4 is 0 Å². The average Bonchev–Trinajstić information content (AvgIpc) is 2.07. The molecular formula is C8H18O3. The van der Waals surface area contributed by atoms with Crippen molar-refractivity contribution in [1.82, 2.24) is 0 Å². The monoisotopic (exact) mass is 162 g/mol. The second kappa shape index (κ2) is 6.58. The van der Waals surface area contributed by atoms with Crippen LogP contribution in [0.2, 0.25) is 0 Å². The Balaban J connectivity index is 3.58. The minimum absolute atomic E-state index is 0.0347. The van der Waals surface area contributed by atoms with Crippen LogP contribution in [0.3, 0.4) is 0 Å². The summed E-state index contributed by atoms with van der Waals surface area (Å²) < 4.78 is 5.35. The summed E-state index contributed by atoms with van der Waals surface area (Å²) in [6.07, 6.45) is 1.33. The second-order valence-electron chi connectivity index (χ2n) is 2.56. The fourth-order valence-corrected chi connectivity index (χ4v) is 0.809. The zero-order valence-corrected chi connectivity index (χ0v) is 7.29. The summed E-state index contributed by atoms with van der Waals surface area (Å²) in [4.78, 5) is 0. The Labute approximate surface area is 68.0 Å². The van der Waals surface area contributed by atoms with E-state index in [-0.39, 0.29) is 25.4 Å². The van der Waals surface area contributed by atoms with E-state index >= 15 is 0 Å². The lowest BCUT2D eigenvalue weighted by Crippen LogP contribution is -2.26. The van der Waals surface area contributed by atoms with Crippen LogP contribution >= 0.6 is 0 Å². The van der Waals surface area contributed by atoms with Gasteiger partial charge in [-0.1, -0.05) is 13.8 Å². The van der Waals surface area contributed by atoms with Gasteiger partial charge in [0.25, 0.3) is 0 Å². The molecule has 1 unspecified atom stereocenters. The predicted octanol–water partition coefficient (Wildman–Crippen LogP) is 0.545. The molecule has 3 nitrogen and oxygen atoms in total. The van der Waals surface area contributed by atoms with E-state index in [0.29, 0.717) is 0 Å². The highest BCUT2D eigenvalue weighted by atomic mass is 16.5. The van der Waals surface area contributed by atoms with Crippen molar-refractivity contribution in [2.75, 3.05) is 13.2 Å². The summed E-state index contributed by atoms with van der Waals surface area (Å²) in [5, 5.41) is 17.5. The summed E-state index contributed by atoms with van der Waals surface area (Å²) in [7, 11) is 0.